The Morgan fingerprint density at radius 2 is 1.86 bits per heavy atom. The van der Waals surface area contributed by atoms with Crippen LogP contribution in [-0.2, 0) is 20.9 Å². The molecule has 3 rings (SSSR count). The van der Waals surface area contributed by atoms with E-state index < -0.39 is 11.6 Å². The van der Waals surface area contributed by atoms with Gasteiger partial charge in [0.25, 0.3) is 0 Å². The average Bonchev–Trinajstić information content (AvgIpc) is 3.24. The molecule has 2 amide bonds. The minimum Gasteiger partial charge on any atom is -0.508 e. The number of carbonyl (C=O) groups excluding carboxylic acids is 2. The summed E-state index contributed by atoms with van der Waals surface area (Å²) in [6.45, 7) is 9.10. The molecule has 2 aromatic carbocycles. The van der Waals surface area contributed by atoms with E-state index in [9.17, 15) is 14.7 Å². The first-order valence-electron chi connectivity index (χ1n) is 12.0. The molecule has 1 atom stereocenters. The van der Waals surface area contributed by atoms with Gasteiger partial charge < -0.3 is 20.1 Å². The van der Waals surface area contributed by atoms with Crippen molar-refractivity contribution in [1.82, 2.24) is 25.2 Å². The van der Waals surface area contributed by atoms with E-state index in [0.717, 1.165) is 11.9 Å². The Morgan fingerprint density at radius 3 is 2.54 bits per heavy atom. The van der Waals surface area contributed by atoms with Crippen LogP contribution in [-0.4, -0.2) is 62.1 Å². The van der Waals surface area contributed by atoms with Gasteiger partial charge >= 0.3 is 0 Å². The highest BCUT2D eigenvalue weighted by atomic mass is 16.5. The van der Waals surface area contributed by atoms with Crippen molar-refractivity contribution in [2.75, 3.05) is 19.8 Å². The van der Waals surface area contributed by atoms with Gasteiger partial charge in [-0.1, -0.05) is 36.4 Å². The fourth-order valence-electron chi connectivity index (χ4n) is 3.75. The summed E-state index contributed by atoms with van der Waals surface area (Å²) in [6, 6.07) is 12.9. The number of nitrogens with one attached hydrogen (secondary N) is 1. The summed E-state index contributed by atoms with van der Waals surface area (Å²) < 4.78 is 7.04. The van der Waals surface area contributed by atoms with E-state index in [-0.39, 0.29) is 24.1 Å². The highest BCUT2D eigenvalue weighted by Gasteiger charge is 2.34. The maximum absolute atomic E-state index is 13.7. The molecule has 0 aliphatic rings. The second kappa shape index (κ2) is 11.8. The molecule has 1 aromatic heterocycles. The van der Waals surface area contributed by atoms with Crippen molar-refractivity contribution in [2.45, 2.75) is 58.7 Å². The van der Waals surface area contributed by atoms with Crippen LogP contribution in [0.15, 0.2) is 48.5 Å². The minimum atomic E-state index is -0.884. The van der Waals surface area contributed by atoms with E-state index in [1.54, 1.807) is 21.7 Å². The molecular formula is C26H35N5O4. The Kier molecular flexibility index (Phi) is 8.81. The minimum absolute atomic E-state index is 0.0613. The van der Waals surface area contributed by atoms with Crippen molar-refractivity contribution in [3.05, 3.63) is 54.1 Å². The van der Waals surface area contributed by atoms with E-state index in [4.69, 9.17) is 4.74 Å². The third-order valence-corrected chi connectivity index (χ3v) is 6.03. The number of para-hydroxylation sites is 1. The van der Waals surface area contributed by atoms with Gasteiger partial charge in [0.2, 0.25) is 11.8 Å². The largest absolute Gasteiger partial charge is 0.508 e. The SMILES string of the molecule is CCOCCCN(C(=O)Cn1nnc2ccccc21)[C@@H](C(=O)NC(C)(C)CC)c1ccc(O)cc1. The number of aromatic nitrogens is 3. The first-order chi connectivity index (χ1) is 16.8. The van der Waals surface area contributed by atoms with Gasteiger partial charge in [-0.25, -0.2) is 4.68 Å². The Morgan fingerprint density at radius 1 is 1.14 bits per heavy atom. The summed E-state index contributed by atoms with van der Waals surface area (Å²) in [4.78, 5) is 28.9. The third kappa shape index (κ3) is 6.79. The van der Waals surface area contributed by atoms with Crippen molar-refractivity contribution in [3.8, 4) is 5.75 Å². The van der Waals surface area contributed by atoms with Crippen LogP contribution in [0.1, 0.15) is 52.1 Å². The van der Waals surface area contributed by atoms with E-state index >= 15 is 0 Å². The molecule has 0 radical (unpaired) electrons. The number of hydrogen-bond acceptors (Lipinski definition) is 6. The van der Waals surface area contributed by atoms with E-state index in [1.165, 1.54) is 12.1 Å². The van der Waals surface area contributed by atoms with Crippen LogP contribution in [0, 0.1) is 0 Å². The molecule has 35 heavy (non-hydrogen) atoms. The van der Waals surface area contributed by atoms with Gasteiger partial charge in [0.15, 0.2) is 0 Å². The van der Waals surface area contributed by atoms with Crippen LogP contribution in [0.25, 0.3) is 11.0 Å². The summed E-state index contributed by atoms with van der Waals surface area (Å²) in [7, 11) is 0. The third-order valence-electron chi connectivity index (χ3n) is 6.03. The van der Waals surface area contributed by atoms with Gasteiger partial charge in [-0.3, -0.25) is 9.59 Å². The monoisotopic (exact) mass is 481 g/mol. The Labute approximate surface area is 206 Å². The van der Waals surface area contributed by atoms with Gasteiger partial charge in [-0.05, 0) is 63.4 Å². The van der Waals surface area contributed by atoms with Crippen LogP contribution in [0.5, 0.6) is 5.75 Å². The zero-order valence-corrected chi connectivity index (χ0v) is 20.9. The topological polar surface area (TPSA) is 110 Å². The summed E-state index contributed by atoms with van der Waals surface area (Å²) in [5.74, 6) is -0.458. The molecule has 3 aromatic rings. The molecule has 9 nitrogen and oxygen atoms in total. The van der Waals surface area contributed by atoms with Crippen molar-refractivity contribution in [2.24, 2.45) is 0 Å². The lowest BCUT2D eigenvalue weighted by atomic mass is 9.98. The number of ether oxygens (including phenoxy) is 1. The second-order valence-corrected chi connectivity index (χ2v) is 9.09. The van der Waals surface area contributed by atoms with Gasteiger partial charge in [-0.2, -0.15) is 0 Å². The molecule has 0 saturated carbocycles. The fourth-order valence-corrected chi connectivity index (χ4v) is 3.75. The van der Waals surface area contributed by atoms with E-state index in [1.807, 2.05) is 52.0 Å². The molecule has 9 heteroatoms. The molecule has 0 aliphatic carbocycles. The number of rotatable bonds is 12. The second-order valence-electron chi connectivity index (χ2n) is 9.09. The maximum Gasteiger partial charge on any atom is 0.247 e. The Hall–Kier alpha value is -3.46. The molecule has 1 heterocycles. The number of carbonyl (C=O) groups is 2. The first-order valence-corrected chi connectivity index (χ1v) is 12.0. The number of hydrogen-bond donors (Lipinski definition) is 2. The summed E-state index contributed by atoms with van der Waals surface area (Å²) >= 11 is 0. The van der Waals surface area contributed by atoms with E-state index in [2.05, 4.69) is 15.6 Å². The van der Waals surface area contributed by atoms with Crippen molar-refractivity contribution in [3.63, 3.8) is 0 Å². The van der Waals surface area contributed by atoms with Crippen molar-refractivity contribution < 1.29 is 19.4 Å². The lowest BCUT2D eigenvalue weighted by Gasteiger charge is -2.34. The molecule has 0 saturated heterocycles. The molecule has 0 fully saturated rings. The predicted octanol–water partition coefficient (Wildman–Crippen LogP) is 3.44. The molecule has 0 bridgehead atoms. The van der Waals surface area contributed by atoms with Crippen LogP contribution in [0.3, 0.4) is 0 Å². The van der Waals surface area contributed by atoms with Gasteiger partial charge in [-0.15, -0.1) is 5.10 Å². The molecule has 2 N–H and O–H groups in total. The number of nitrogens with zero attached hydrogens (tertiary/aromatic N) is 4. The molecule has 0 spiro atoms. The van der Waals surface area contributed by atoms with Crippen LogP contribution in [0.2, 0.25) is 0 Å². The average molecular weight is 482 g/mol. The van der Waals surface area contributed by atoms with Crippen molar-refractivity contribution >= 4 is 22.8 Å². The standard InChI is InChI=1S/C26H35N5O4/c1-5-26(3,4)27-25(34)24(19-12-14-20(32)15-13-19)30(16-9-17-35-6-2)23(33)18-31-22-11-8-7-10-21(22)28-29-31/h7-8,10-15,24,32H,5-6,9,16-18H2,1-4H3,(H,27,34)/t24-/m1/s1. The van der Waals surface area contributed by atoms with Gasteiger partial charge in [0, 0.05) is 25.3 Å². The molecule has 188 valence electrons. The van der Waals surface area contributed by atoms with E-state index in [0.29, 0.717) is 37.3 Å². The summed E-state index contributed by atoms with van der Waals surface area (Å²) in [5.41, 5.74) is 1.60. The first kappa shape index (κ1) is 26.2. The Balaban J connectivity index is 1.96. The fraction of sp³-hybridized carbons (Fsp3) is 0.462. The highest BCUT2D eigenvalue weighted by molar-refractivity contribution is 5.89. The lowest BCUT2D eigenvalue weighted by Crippen LogP contribution is -2.51. The number of aromatic hydroxyl groups is 1. The maximum atomic E-state index is 13.7. The van der Waals surface area contributed by atoms with Crippen LogP contribution < -0.4 is 5.32 Å². The number of fused-ring (bicyclic) bond motifs is 1. The zero-order valence-electron chi connectivity index (χ0n) is 20.9. The summed E-state index contributed by atoms with van der Waals surface area (Å²) in [5, 5.41) is 21.2. The number of amides is 2. The lowest BCUT2D eigenvalue weighted by molar-refractivity contribution is -0.142. The number of phenolic OH excluding ortho intramolecular Hbond substituents is 1. The number of benzene rings is 2. The molecule has 0 aliphatic heterocycles. The summed E-state index contributed by atoms with van der Waals surface area (Å²) in [6.07, 6.45) is 1.29. The molecule has 0 unspecified atom stereocenters. The van der Waals surface area contributed by atoms with Gasteiger partial charge in [0.05, 0.1) is 5.52 Å². The van der Waals surface area contributed by atoms with Crippen LogP contribution >= 0.6 is 0 Å². The quantitative estimate of drug-likeness (QED) is 0.384. The zero-order chi connectivity index (χ0) is 25.4. The highest BCUT2D eigenvalue weighted by Crippen LogP contribution is 2.26. The van der Waals surface area contributed by atoms with Crippen molar-refractivity contribution in [1.29, 1.82) is 0 Å². The molecular weight excluding hydrogens is 446 g/mol. The predicted molar refractivity (Wildman–Crippen MR) is 134 cm³/mol. The smallest absolute Gasteiger partial charge is 0.247 e. The van der Waals surface area contributed by atoms with Gasteiger partial charge in [0.1, 0.15) is 23.9 Å². The Bertz CT molecular complexity index is 1130. The van der Waals surface area contributed by atoms with Crippen LogP contribution in [0.4, 0.5) is 0 Å². The number of phenols is 1. The normalized spacial score (nSPS) is 12.5.